The number of halogens is 4. The number of rotatable bonds is 5. The van der Waals surface area contributed by atoms with E-state index in [4.69, 9.17) is 4.74 Å². The van der Waals surface area contributed by atoms with Crippen LogP contribution in [-0.2, 0) is 17.3 Å². The van der Waals surface area contributed by atoms with Gasteiger partial charge in [-0.05, 0) is 71.1 Å². The first-order valence-corrected chi connectivity index (χ1v) is 10.7. The molecule has 0 aliphatic rings. The summed E-state index contributed by atoms with van der Waals surface area (Å²) in [5.41, 5.74) is 1.23. The summed E-state index contributed by atoms with van der Waals surface area (Å²) in [5.74, 6) is -1.23. The average Bonchev–Trinajstić information content (AvgIpc) is 2.75. The lowest BCUT2D eigenvalue weighted by molar-refractivity contribution is -0.141. The third kappa shape index (κ3) is 6.64. The Balaban J connectivity index is 1.75. The summed E-state index contributed by atoms with van der Waals surface area (Å²) in [5, 5.41) is -0.933. The highest BCUT2D eigenvalue weighted by Crippen LogP contribution is 2.31. The van der Waals surface area contributed by atoms with Crippen molar-refractivity contribution < 1.29 is 31.9 Å². The van der Waals surface area contributed by atoms with Gasteiger partial charge in [0.25, 0.3) is 0 Å². The summed E-state index contributed by atoms with van der Waals surface area (Å²) < 4.78 is 55.8. The first kappa shape index (κ1) is 24.4. The van der Waals surface area contributed by atoms with E-state index >= 15 is 0 Å². The molecule has 0 radical (unpaired) electrons. The van der Waals surface area contributed by atoms with Crippen LogP contribution in [0, 0.1) is 5.82 Å². The Morgan fingerprint density at radius 2 is 1.73 bits per heavy atom. The van der Waals surface area contributed by atoms with E-state index in [2.05, 4.69) is 4.98 Å². The second-order valence-electron chi connectivity index (χ2n) is 7.50. The van der Waals surface area contributed by atoms with Crippen LogP contribution in [0.25, 0.3) is 0 Å². The van der Waals surface area contributed by atoms with Crippen molar-refractivity contribution in [3.63, 3.8) is 0 Å². The van der Waals surface area contributed by atoms with Crippen LogP contribution in [0.1, 0.15) is 52.5 Å². The summed E-state index contributed by atoms with van der Waals surface area (Å²) in [4.78, 5) is 28.2. The third-order valence-electron chi connectivity index (χ3n) is 4.72. The fourth-order valence-corrected chi connectivity index (χ4v) is 3.64. The number of aromatic nitrogens is 1. The van der Waals surface area contributed by atoms with Crippen LogP contribution in [0.3, 0.4) is 0 Å². The standard InChI is InChI=1S/C24H19F4NO3S/c1-14(2)16-5-9-20(18(12-16)11-15-3-7-19(25)8-4-15)33-23(31)32-22(30)17-6-10-21(29-13-17)24(26,27)28/h3-10,12-14H,11H2,1-2H3. The SMILES string of the molecule is CC(C)c1ccc(SC(=O)OC(=O)c2ccc(C(F)(F)F)nc2)c(Cc2ccc(F)cc2)c1. The highest BCUT2D eigenvalue weighted by Gasteiger charge is 2.32. The van der Waals surface area contributed by atoms with E-state index in [1.165, 1.54) is 12.1 Å². The molecule has 0 spiro atoms. The molecule has 172 valence electrons. The summed E-state index contributed by atoms with van der Waals surface area (Å²) in [7, 11) is 0. The number of esters is 1. The minimum Gasteiger partial charge on any atom is -0.381 e. The summed E-state index contributed by atoms with van der Waals surface area (Å²) in [6.07, 6.45) is -3.51. The second kappa shape index (κ2) is 10.2. The van der Waals surface area contributed by atoms with Crippen molar-refractivity contribution in [1.29, 1.82) is 0 Å². The van der Waals surface area contributed by atoms with Crippen LogP contribution in [-0.4, -0.2) is 16.3 Å². The average molecular weight is 477 g/mol. The molecule has 0 fully saturated rings. The molecule has 1 aromatic heterocycles. The fourth-order valence-electron chi connectivity index (χ4n) is 2.95. The van der Waals surface area contributed by atoms with Crippen molar-refractivity contribution in [3.8, 4) is 0 Å². The molecular weight excluding hydrogens is 458 g/mol. The van der Waals surface area contributed by atoms with Crippen molar-refractivity contribution in [2.75, 3.05) is 0 Å². The lowest BCUT2D eigenvalue weighted by Crippen LogP contribution is -2.12. The zero-order valence-corrected chi connectivity index (χ0v) is 18.5. The highest BCUT2D eigenvalue weighted by molar-refractivity contribution is 8.13. The Hall–Kier alpha value is -3.20. The van der Waals surface area contributed by atoms with Gasteiger partial charge in [-0.15, -0.1) is 0 Å². The maximum atomic E-state index is 13.2. The third-order valence-corrected chi connectivity index (χ3v) is 5.59. The van der Waals surface area contributed by atoms with Crippen LogP contribution in [0.15, 0.2) is 65.7 Å². The summed E-state index contributed by atoms with van der Waals surface area (Å²) in [6, 6.07) is 13.0. The van der Waals surface area contributed by atoms with Crippen LogP contribution in [0.2, 0.25) is 0 Å². The second-order valence-corrected chi connectivity index (χ2v) is 8.47. The zero-order chi connectivity index (χ0) is 24.2. The van der Waals surface area contributed by atoms with Gasteiger partial charge in [0.2, 0.25) is 0 Å². The van der Waals surface area contributed by atoms with Crippen molar-refractivity contribution in [3.05, 3.63) is 94.6 Å². The van der Waals surface area contributed by atoms with Crippen LogP contribution >= 0.6 is 11.8 Å². The predicted octanol–water partition coefficient (Wildman–Crippen LogP) is 7.02. The molecule has 33 heavy (non-hydrogen) atoms. The van der Waals surface area contributed by atoms with Gasteiger partial charge in [0.05, 0.1) is 5.56 Å². The lowest BCUT2D eigenvalue weighted by Gasteiger charge is -2.13. The number of thioether (sulfide) groups is 1. The number of alkyl halides is 3. The van der Waals surface area contributed by atoms with E-state index in [9.17, 15) is 27.2 Å². The highest BCUT2D eigenvalue weighted by atomic mass is 32.2. The number of hydrogen-bond acceptors (Lipinski definition) is 5. The molecule has 0 aliphatic heterocycles. The van der Waals surface area contributed by atoms with E-state index in [-0.39, 0.29) is 17.3 Å². The lowest BCUT2D eigenvalue weighted by atomic mass is 9.97. The molecule has 0 saturated heterocycles. The number of benzene rings is 2. The Morgan fingerprint density at radius 1 is 1.03 bits per heavy atom. The van der Waals surface area contributed by atoms with Gasteiger partial charge < -0.3 is 4.74 Å². The molecule has 0 unspecified atom stereocenters. The van der Waals surface area contributed by atoms with E-state index in [0.717, 1.165) is 22.8 Å². The summed E-state index contributed by atoms with van der Waals surface area (Å²) in [6.45, 7) is 4.05. The number of hydrogen-bond donors (Lipinski definition) is 0. The van der Waals surface area contributed by atoms with Crippen LogP contribution < -0.4 is 0 Å². The minimum absolute atomic E-state index is 0.233. The molecule has 9 heteroatoms. The van der Waals surface area contributed by atoms with E-state index in [1.54, 1.807) is 18.2 Å². The first-order valence-electron chi connectivity index (χ1n) is 9.87. The van der Waals surface area contributed by atoms with Gasteiger partial charge in [-0.3, -0.25) is 4.98 Å². The normalized spacial score (nSPS) is 11.5. The van der Waals surface area contributed by atoms with E-state index in [1.807, 2.05) is 26.0 Å². The molecule has 0 saturated carbocycles. The smallest absolute Gasteiger partial charge is 0.381 e. The van der Waals surface area contributed by atoms with Gasteiger partial charge >= 0.3 is 17.4 Å². The molecule has 0 N–H and O–H groups in total. The molecule has 2 aromatic carbocycles. The molecule has 3 aromatic rings. The van der Waals surface area contributed by atoms with Gasteiger partial charge in [-0.25, -0.2) is 14.0 Å². The molecule has 3 rings (SSSR count). The van der Waals surface area contributed by atoms with Crippen molar-refractivity contribution in [1.82, 2.24) is 4.98 Å². The Labute approximate surface area is 192 Å². The molecule has 0 atom stereocenters. The molecule has 0 bridgehead atoms. The first-order chi connectivity index (χ1) is 15.5. The molecule has 1 heterocycles. The Morgan fingerprint density at radius 3 is 2.30 bits per heavy atom. The van der Waals surface area contributed by atoms with E-state index in [0.29, 0.717) is 35.3 Å². The van der Waals surface area contributed by atoms with Gasteiger partial charge in [-0.1, -0.05) is 38.1 Å². The number of nitrogens with zero attached hydrogens (tertiary/aromatic N) is 1. The summed E-state index contributed by atoms with van der Waals surface area (Å²) >= 11 is 0.687. The maximum absolute atomic E-state index is 13.2. The topological polar surface area (TPSA) is 56.3 Å². The van der Waals surface area contributed by atoms with Crippen molar-refractivity contribution >= 4 is 23.0 Å². The van der Waals surface area contributed by atoms with Crippen molar-refractivity contribution in [2.24, 2.45) is 0 Å². The Bertz CT molecular complexity index is 1140. The van der Waals surface area contributed by atoms with Gasteiger partial charge in [-0.2, -0.15) is 13.2 Å². The minimum atomic E-state index is -4.64. The van der Waals surface area contributed by atoms with Crippen LogP contribution in [0.4, 0.5) is 22.4 Å². The van der Waals surface area contributed by atoms with Gasteiger partial charge in [0.1, 0.15) is 11.5 Å². The molecule has 4 nitrogen and oxygen atoms in total. The predicted molar refractivity (Wildman–Crippen MR) is 116 cm³/mol. The number of ether oxygens (including phenoxy) is 1. The van der Waals surface area contributed by atoms with E-state index < -0.39 is 23.1 Å². The molecular formula is C24H19F4NO3S. The fraction of sp³-hybridized carbons (Fsp3) is 0.208. The molecule has 0 amide bonds. The van der Waals surface area contributed by atoms with Crippen LogP contribution in [0.5, 0.6) is 0 Å². The van der Waals surface area contributed by atoms with Gasteiger partial charge in [0.15, 0.2) is 0 Å². The number of carbonyl (C=O) groups excluding carboxylic acids is 2. The number of carbonyl (C=O) groups is 2. The number of pyridine rings is 1. The Kier molecular flexibility index (Phi) is 7.53. The monoisotopic (exact) mass is 477 g/mol. The largest absolute Gasteiger partial charge is 0.433 e. The van der Waals surface area contributed by atoms with Gasteiger partial charge in [0, 0.05) is 11.1 Å². The van der Waals surface area contributed by atoms with Crippen molar-refractivity contribution in [2.45, 2.75) is 37.3 Å². The maximum Gasteiger partial charge on any atom is 0.433 e. The quantitative estimate of drug-likeness (QED) is 0.171. The zero-order valence-electron chi connectivity index (χ0n) is 17.7. The molecule has 0 aliphatic carbocycles.